The van der Waals surface area contributed by atoms with Crippen LogP contribution < -0.4 is 5.32 Å². The van der Waals surface area contributed by atoms with Crippen LogP contribution >= 0.6 is 0 Å². The topological polar surface area (TPSA) is 56.8 Å². The van der Waals surface area contributed by atoms with Crippen molar-refractivity contribution in [3.63, 3.8) is 0 Å². The quantitative estimate of drug-likeness (QED) is 0.768. The lowest BCUT2D eigenvalue weighted by atomic mass is 9.98. The Morgan fingerprint density at radius 2 is 1.92 bits per heavy atom. The maximum Gasteiger partial charge on any atom is 0.144 e. The van der Waals surface area contributed by atoms with Gasteiger partial charge in [-0.15, -0.1) is 0 Å². The fourth-order valence-corrected chi connectivity index (χ4v) is 4.50. The summed E-state index contributed by atoms with van der Waals surface area (Å²) in [6, 6.07) is 10.4. The van der Waals surface area contributed by atoms with E-state index in [4.69, 9.17) is 0 Å². The summed E-state index contributed by atoms with van der Waals surface area (Å²) in [5.74, 6) is 0.888. The van der Waals surface area contributed by atoms with Crippen LogP contribution in [0.3, 0.4) is 0 Å². The molecule has 2 aliphatic rings. The Hall–Kier alpha value is -2.40. The zero-order valence-electron chi connectivity index (χ0n) is 14.4. The standard InChI is InChI=1S/C20H23N5/c1-25-16-4-5-17(25)10-15(9-16)24-20-12-22-19(11-23-20)14-3-2-13-6-7-21-18(13)8-14/h2-3,6-8,11-12,15-17,21H,4-5,9-10H2,1H3,(H,23,24). The minimum Gasteiger partial charge on any atom is -0.366 e. The van der Waals surface area contributed by atoms with Gasteiger partial charge in [-0.25, -0.2) is 4.98 Å². The largest absolute Gasteiger partial charge is 0.366 e. The predicted octanol–water partition coefficient (Wildman–Crippen LogP) is 3.66. The van der Waals surface area contributed by atoms with Crippen molar-refractivity contribution in [2.24, 2.45) is 0 Å². The molecule has 3 aromatic rings. The van der Waals surface area contributed by atoms with Crippen molar-refractivity contribution >= 4 is 16.7 Å². The Morgan fingerprint density at radius 1 is 1.08 bits per heavy atom. The van der Waals surface area contributed by atoms with E-state index in [0.29, 0.717) is 6.04 Å². The minimum absolute atomic E-state index is 0.518. The molecule has 25 heavy (non-hydrogen) atoms. The van der Waals surface area contributed by atoms with Gasteiger partial charge in [-0.3, -0.25) is 4.98 Å². The molecular weight excluding hydrogens is 310 g/mol. The molecule has 0 saturated carbocycles. The highest BCUT2D eigenvalue weighted by Gasteiger charge is 2.38. The second-order valence-corrected chi connectivity index (χ2v) is 7.43. The zero-order valence-corrected chi connectivity index (χ0v) is 14.4. The highest BCUT2D eigenvalue weighted by Crippen LogP contribution is 2.35. The predicted molar refractivity (Wildman–Crippen MR) is 101 cm³/mol. The molecule has 4 heterocycles. The fraction of sp³-hybridized carbons (Fsp3) is 0.400. The molecule has 2 fully saturated rings. The lowest BCUT2D eigenvalue weighted by Crippen LogP contribution is -2.44. The smallest absolute Gasteiger partial charge is 0.144 e. The van der Waals surface area contributed by atoms with E-state index < -0.39 is 0 Å². The summed E-state index contributed by atoms with van der Waals surface area (Å²) in [5, 5.41) is 4.81. The first-order valence-electron chi connectivity index (χ1n) is 9.14. The number of nitrogens with one attached hydrogen (secondary N) is 2. The van der Waals surface area contributed by atoms with Gasteiger partial charge in [0.2, 0.25) is 0 Å². The molecule has 2 aliphatic heterocycles. The molecule has 0 spiro atoms. The number of hydrogen-bond donors (Lipinski definition) is 2. The van der Waals surface area contributed by atoms with E-state index in [1.165, 1.54) is 31.1 Å². The van der Waals surface area contributed by atoms with Crippen molar-refractivity contribution in [2.45, 2.75) is 43.8 Å². The first-order valence-corrected chi connectivity index (χ1v) is 9.14. The van der Waals surface area contributed by atoms with Crippen LogP contribution in [0.5, 0.6) is 0 Å². The average Bonchev–Trinajstić information content (AvgIpc) is 3.16. The molecule has 2 bridgehead atoms. The minimum atomic E-state index is 0.518. The Balaban J connectivity index is 1.31. The number of anilines is 1. The van der Waals surface area contributed by atoms with Crippen molar-refractivity contribution < 1.29 is 0 Å². The van der Waals surface area contributed by atoms with Crippen molar-refractivity contribution in [3.8, 4) is 11.3 Å². The van der Waals surface area contributed by atoms with Crippen molar-refractivity contribution in [1.82, 2.24) is 19.9 Å². The summed E-state index contributed by atoms with van der Waals surface area (Å²) in [6.07, 6.45) is 10.8. The third-order valence-corrected chi connectivity index (χ3v) is 5.95. The molecule has 5 heteroatoms. The van der Waals surface area contributed by atoms with E-state index in [2.05, 4.69) is 56.5 Å². The molecule has 128 valence electrons. The van der Waals surface area contributed by atoms with Gasteiger partial charge in [0.25, 0.3) is 0 Å². The molecule has 2 aromatic heterocycles. The van der Waals surface area contributed by atoms with Crippen LogP contribution in [0, 0.1) is 0 Å². The average molecular weight is 333 g/mol. The fourth-order valence-electron chi connectivity index (χ4n) is 4.50. The Labute approximate surface area is 147 Å². The number of H-pyrrole nitrogens is 1. The Bertz CT molecular complexity index is 870. The summed E-state index contributed by atoms with van der Waals surface area (Å²) in [6.45, 7) is 0. The van der Waals surface area contributed by atoms with Crippen LogP contribution in [0.25, 0.3) is 22.2 Å². The molecule has 0 aliphatic carbocycles. The lowest BCUT2D eigenvalue weighted by Gasteiger charge is -2.36. The number of nitrogens with zero attached hydrogens (tertiary/aromatic N) is 3. The lowest BCUT2D eigenvalue weighted by molar-refractivity contribution is 0.168. The molecule has 0 radical (unpaired) electrons. The normalized spacial score (nSPS) is 26.2. The van der Waals surface area contributed by atoms with Crippen molar-refractivity contribution in [1.29, 1.82) is 0 Å². The maximum atomic E-state index is 4.62. The van der Waals surface area contributed by atoms with E-state index in [-0.39, 0.29) is 0 Å². The van der Waals surface area contributed by atoms with Gasteiger partial charge in [-0.2, -0.15) is 0 Å². The summed E-state index contributed by atoms with van der Waals surface area (Å²) in [7, 11) is 2.27. The van der Waals surface area contributed by atoms with Crippen molar-refractivity contribution in [3.05, 3.63) is 42.9 Å². The van der Waals surface area contributed by atoms with E-state index in [1.54, 1.807) is 0 Å². The number of aromatic nitrogens is 3. The van der Waals surface area contributed by atoms with Crippen LogP contribution in [0.15, 0.2) is 42.9 Å². The molecule has 5 nitrogen and oxygen atoms in total. The zero-order chi connectivity index (χ0) is 16.8. The second kappa shape index (κ2) is 5.85. The Kier molecular flexibility index (Phi) is 3.48. The van der Waals surface area contributed by atoms with E-state index in [9.17, 15) is 0 Å². The SMILES string of the molecule is CN1C2CCC1CC(Nc1cnc(-c3ccc4cc[nH]c4c3)cn1)C2. The molecule has 2 atom stereocenters. The first kappa shape index (κ1) is 14.9. The van der Waals surface area contributed by atoms with Crippen LogP contribution in [0.2, 0.25) is 0 Å². The van der Waals surface area contributed by atoms with Gasteiger partial charge in [0.05, 0.1) is 18.1 Å². The van der Waals surface area contributed by atoms with Crippen LogP contribution in [-0.2, 0) is 0 Å². The molecule has 5 rings (SSSR count). The van der Waals surface area contributed by atoms with Crippen LogP contribution in [0.1, 0.15) is 25.7 Å². The Morgan fingerprint density at radius 3 is 2.68 bits per heavy atom. The number of fused-ring (bicyclic) bond motifs is 3. The number of hydrogen-bond acceptors (Lipinski definition) is 4. The summed E-state index contributed by atoms with van der Waals surface area (Å²) in [4.78, 5) is 15.0. The summed E-state index contributed by atoms with van der Waals surface area (Å²) < 4.78 is 0. The van der Waals surface area contributed by atoms with Gasteiger partial charge in [0, 0.05) is 35.4 Å². The highest BCUT2D eigenvalue weighted by molar-refractivity contribution is 5.84. The third kappa shape index (κ3) is 2.68. The summed E-state index contributed by atoms with van der Waals surface area (Å²) in [5.41, 5.74) is 3.13. The maximum absolute atomic E-state index is 4.62. The van der Waals surface area contributed by atoms with Gasteiger partial charge in [-0.05, 0) is 50.2 Å². The molecule has 0 amide bonds. The monoisotopic (exact) mass is 333 g/mol. The first-order chi connectivity index (χ1) is 12.3. The number of piperidine rings is 1. The van der Waals surface area contributed by atoms with Gasteiger partial charge in [0.1, 0.15) is 5.82 Å². The highest BCUT2D eigenvalue weighted by atomic mass is 15.2. The molecule has 2 saturated heterocycles. The second-order valence-electron chi connectivity index (χ2n) is 7.43. The van der Waals surface area contributed by atoms with Crippen LogP contribution in [0.4, 0.5) is 5.82 Å². The number of benzene rings is 1. The van der Waals surface area contributed by atoms with Crippen LogP contribution in [-0.4, -0.2) is 45.0 Å². The van der Waals surface area contributed by atoms with Gasteiger partial charge in [-0.1, -0.05) is 12.1 Å². The molecular formula is C20H23N5. The molecule has 1 aromatic carbocycles. The number of rotatable bonds is 3. The summed E-state index contributed by atoms with van der Waals surface area (Å²) >= 11 is 0. The van der Waals surface area contributed by atoms with Gasteiger partial charge in [0.15, 0.2) is 0 Å². The molecule has 2 N–H and O–H groups in total. The van der Waals surface area contributed by atoms with E-state index >= 15 is 0 Å². The molecule has 2 unspecified atom stereocenters. The van der Waals surface area contributed by atoms with Gasteiger partial charge < -0.3 is 15.2 Å². The number of aromatic amines is 1. The van der Waals surface area contributed by atoms with Crippen molar-refractivity contribution in [2.75, 3.05) is 12.4 Å². The van der Waals surface area contributed by atoms with Gasteiger partial charge >= 0.3 is 0 Å². The van der Waals surface area contributed by atoms with E-state index in [0.717, 1.165) is 34.7 Å². The third-order valence-electron chi connectivity index (χ3n) is 5.95. The van der Waals surface area contributed by atoms with E-state index in [1.807, 2.05) is 18.6 Å².